The molecule has 1 unspecified atom stereocenters. The Morgan fingerprint density at radius 2 is 1.56 bits per heavy atom. The van der Waals surface area contributed by atoms with Crippen LogP contribution >= 0.6 is 0 Å². The molecule has 1 atom stereocenters. The van der Waals surface area contributed by atoms with E-state index in [1.165, 1.54) is 57.9 Å². The summed E-state index contributed by atoms with van der Waals surface area (Å²) in [7, 11) is 0. The molecule has 1 aliphatic heterocycles. The maximum absolute atomic E-state index is 6.31. The highest BCUT2D eigenvalue weighted by molar-refractivity contribution is 4.98. The molecule has 0 aromatic carbocycles. The minimum atomic E-state index is 0.216. The second-order valence-electron chi connectivity index (χ2n) is 6.24. The zero-order valence-corrected chi connectivity index (χ0v) is 11.0. The predicted octanol–water partition coefficient (Wildman–Crippen LogP) is 2.91. The van der Waals surface area contributed by atoms with Gasteiger partial charge in [-0.1, -0.05) is 25.7 Å². The average molecular weight is 224 g/mol. The molecule has 1 saturated heterocycles. The van der Waals surface area contributed by atoms with Crippen molar-refractivity contribution in [3.63, 3.8) is 0 Å². The molecule has 2 rings (SSSR count). The van der Waals surface area contributed by atoms with Gasteiger partial charge in [0.1, 0.15) is 0 Å². The van der Waals surface area contributed by atoms with Crippen LogP contribution in [0.15, 0.2) is 0 Å². The van der Waals surface area contributed by atoms with E-state index < -0.39 is 0 Å². The van der Waals surface area contributed by atoms with Gasteiger partial charge in [0.2, 0.25) is 0 Å². The van der Waals surface area contributed by atoms with Crippen LogP contribution in [0.5, 0.6) is 0 Å². The molecule has 0 aromatic rings. The van der Waals surface area contributed by atoms with Gasteiger partial charge in [0.25, 0.3) is 0 Å². The van der Waals surface area contributed by atoms with Crippen LogP contribution in [0.4, 0.5) is 0 Å². The third-order valence-electron chi connectivity index (χ3n) is 4.83. The normalized spacial score (nSPS) is 33.6. The van der Waals surface area contributed by atoms with Gasteiger partial charge < -0.3 is 5.73 Å². The lowest BCUT2D eigenvalue weighted by Gasteiger charge is -2.50. The lowest BCUT2D eigenvalue weighted by molar-refractivity contribution is 0.0117. The van der Waals surface area contributed by atoms with Crippen LogP contribution in [0, 0.1) is 0 Å². The van der Waals surface area contributed by atoms with E-state index in [0.717, 1.165) is 6.04 Å². The quantitative estimate of drug-likeness (QED) is 0.694. The fraction of sp³-hybridized carbons (Fsp3) is 1.00. The number of hydrogen-bond acceptors (Lipinski definition) is 2. The number of piperidine rings is 1. The second kappa shape index (κ2) is 5.05. The molecule has 1 saturated carbocycles. The Kier molecular flexibility index (Phi) is 3.91. The number of likely N-dealkylation sites (tertiary alicyclic amines) is 1. The first-order chi connectivity index (χ1) is 7.62. The van der Waals surface area contributed by atoms with Gasteiger partial charge in [-0.2, -0.15) is 0 Å². The topological polar surface area (TPSA) is 29.3 Å². The molecular weight excluding hydrogens is 196 g/mol. The molecule has 0 bridgehead atoms. The highest BCUT2D eigenvalue weighted by Gasteiger charge is 2.39. The Labute approximate surface area is 101 Å². The van der Waals surface area contributed by atoms with Gasteiger partial charge >= 0.3 is 0 Å². The van der Waals surface area contributed by atoms with Crippen molar-refractivity contribution in [1.82, 2.24) is 4.90 Å². The molecule has 1 heterocycles. The van der Waals surface area contributed by atoms with Crippen molar-refractivity contribution in [1.29, 1.82) is 0 Å². The highest BCUT2D eigenvalue weighted by Crippen LogP contribution is 2.33. The number of rotatable bonds is 1. The van der Waals surface area contributed by atoms with Crippen LogP contribution in [0.3, 0.4) is 0 Å². The Morgan fingerprint density at radius 1 is 0.938 bits per heavy atom. The summed E-state index contributed by atoms with van der Waals surface area (Å²) in [5.41, 5.74) is 6.52. The van der Waals surface area contributed by atoms with Crippen molar-refractivity contribution in [2.75, 3.05) is 6.54 Å². The minimum Gasteiger partial charge on any atom is -0.326 e. The summed E-state index contributed by atoms with van der Waals surface area (Å²) in [5, 5.41) is 0. The number of nitrogens with two attached hydrogens (primary N) is 1. The summed E-state index contributed by atoms with van der Waals surface area (Å²) in [4.78, 5) is 2.73. The standard InChI is InChI=1S/C14H28N2/c1-14(2)13(15)10-7-11-16(14)12-8-5-3-4-6-9-12/h12-13H,3-11,15H2,1-2H3. The van der Waals surface area contributed by atoms with Crippen LogP contribution in [-0.2, 0) is 0 Å². The largest absolute Gasteiger partial charge is 0.326 e. The Hall–Kier alpha value is -0.0800. The molecule has 0 amide bonds. The summed E-state index contributed by atoms with van der Waals surface area (Å²) in [6, 6.07) is 1.17. The number of hydrogen-bond donors (Lipinski definition) is 1. The van der Waals surface area contributed by atoms with Gasteiger partial charge in [-0.3, -0.25) is 4.90 Å². The average Bonchev–Trinajstić information content (AvgIpc) is 2.50. The molecule has 2 aliphatic rings. The van der Waals surface area contributed by atoms with E-state index in [0.29, 0.717) is 6.04 Å². The third-order valence-corrected chi connectivity index (χ3v) is 4.83. The summed E-state index contributed by atoms with van der Waals surface area (Å²) in [6.45, 7) is 5.97. The molecule has 94 valence electrons. The lowest BCUT2D eigenvalue weighted by atomic mass is 9.83. The highest BCUT2D eigenvalue weighted by atomic mass is 15.2. The molecular formula is C14H28N2. The van der Waals surface area contributed by atoms with Gasteiger partial charge in [-0.15, -0.1) is 0 Å². The van der Waals surface area contributed by atoms with Crippen LogP contribution in [0.25, 0.3) is 0 Å². The van der Waals surface area contributed by atoms with E-state index in [1.54, 1.807) is 0 Å². The van der Waals surface area contributed by atoms with E-state index in [4.69, 9.17) is 5.73 Å². The second-order valence-corrected chi connectivity index (χ2v) is 6.24. The van der Waals surface area contributed by atoms with Crippen molar-refractivity contribution >= 4 is 0 Å². The summed E-state index contributed by atoms with van der Waals surface area (Å²) < 4.78 is 0. The van der Waals surface area contributed by atoms with E-state index in [1.807, 2.05) is 0 Å². The van der Waals surface area contributed by atoms with Gasteiger partial charge in [-0.25, -0.2) is 0 Å². The molecule has 16 heavy (non-hydrogen) atoms. The van der Waals surface area contributed by atoms with Crippen molar-refractivity contribution in [2.45, 2.75) is 82.8 Å². The SMILES string of the molecule is CC1(C)C(N)CCCN1C1CCCCCC1. The van der Waals surface area contributed by atoms with E-state index in [2.05, 4.69) is 18.7 Å². The third kappa shape index (κ3) is 2.43. The molecule has 0 radical (unpaired) electrons. The minimum absolute atomic E-state index is 0.216. The van der Waals surface area contributed by atoms with Crippen molar-refractivity contribution < 1.29 is 0 Å². The summed E-state index contributed by atoms with van der Waals surface area (Å²) >= 11 is 0. The first-order valence-corrected chi connectivity index (χ1v) is 7.14. The Bertz CT molecular complexity index is 217. The molecule has 1 aliphatic carbocycles. The molecule has 2 fully saturated rings. The van der Waals surface area contributed by atoms with Crippen LogP contribution < -0.4 is 5.73 Å². The lowest BCUT2D eigenvalue weighted by Crippen LogP contribution is -2.62. The molecule has 0 aromatic heterocycles. The monoisotopic (exact) mass is 224 g/mol. The maximum atomic E-state index is 6.31. The summed E-state index contributed by atoms with van der Waals surface area (Å²) in [6.07, 6.45) is 11.0. The molecule has 2 nitrogen and oxygen atoms in total. The Balaban J connectivity index is 2.05. The van der Waals surface area contributed by atoms with E-state index >= 15 is 0 Å². The molecule has 0 spiro atoms. The number of nitrogens with zero attached hydrogens (tertiary/aromatic N) is 1. The summed E-state index contributed by atoms with van der Waals surface area (Å²) in [5.74, 6) is 0. The zero-order valence-electron chi connectivity index (χ0n) is 11.0. The van der Waals surface area contributed by atoms with Gasteiger partial charge in [0.05, 0.1) is 0 Å². The first kappa shape index (κ1) is 12.4. The van der Waals surface area contributed by atoms with Crippen LogP contribution in [-0.4, -0.2) is 29.1 Å². The fourth-order valence-corrected chi connectivity index (χ4v) is 3.56. The van der Waals surface area contributed by atoms with Gasteiger partial charge in [0.15, 0.2) is 0 Å². The molecule has 2 heteroatoms. The zero-order chi connectivity index (χ0) is 11.6. The van der Waals surface area contributed by atoms with Crippen molar-refractivity contribution in [2.24, 2.45) is 5.73 Å². The van der Waals surface area contributed by atoms with Crippen LogP contribution in [0.1, 0.15) is 65.2 Å². The fourth-order valence-electron chi connectivity index (χ4n) is 3.56. The molecule has 2 N–H and O–H groups in total. The Morgan fingerprint density at radius 3 is 2.19 bits per heavy atom. The van der Waals surface area contributed by atoms with E-state index in [9.17, 15) is 0 Å². The predicted molar refractivity (Wildman–Crippen MR) is 69.5 cm³/mol. The van der Waals surface area contributed by atoms with Gasteiger partial charge in [0, 0.05) is 17.6 Å². The van der Waals surface area contributed by atoms with Crippen molar-refractivity contribution in [3.8, 4) is 0 Å². The van der Waals surface area contributed by atoms with E-state index in [-0.39, 0.29) is 5.54 Å². The van der Waals surface area contributed by atoms with Gasteiger partial charge in [-0.05, 0) is 46.1 Å². The van der Waals surface area contributed by atoms with Crippen molar-refractivity contribution in [3.05, 3.63) is 0 Å². The smallest absolute Gasteiger partial charge is 0.0307 e. The van der Waals surface area contributed by atoms with Crippen LogP contribution in [0.2, 0.25) is 0 Å². The first-order valence-electron chi connectivity index (χ1n) is 7.14. The maximum Gasteiger partial charge on any atom is 0.0307 e.